The number of thiocarbonyl (C=S) groups is 1. The highest BCUT2D eigenvalue weighted by molar-refractivity contribution is 7.80. The highest BCUT2D eigenvalue weighted by Crippen LogP contribution is 2.27. The highest BCUT2D eigenvalue weighted by atomic mass is 35.5. The number of anilines is 2. The van der Waals surface area contributed by atoms with Gasteiger partial charge in [0.2, 0.25) is 0 Å². The van der Waals surface area contributed by atoms with Crippen LogP contribution in [0.25, 0.3) is 0 Å². The number of nitrogens with zero attached hydrogens (tertiary/aromatic N) is 4. The molecule has 0 amide bonds. The van der Waals surface area contributed by atoms with Crippen molar-refractivity contribution in [3.8, 4) is 0 Å². The molecule has 0 aliphatic carbocycles. The highest BCUT2D eigenvalue weighted by Gasteiger charge is 2.15. The number of nitrogens with one attached hydrogen (secondary N) is 2. The van der Waals surface area contributed by atoms with Gasteiger partial charge in [0.25, 0.3) is 0 Å². The van der Waals surface area contributed by atoms with Crippen molar-refractivity contribution in [2.45, 2.75) is 26.9 Å². The zero-order valence-electron chi connectivity index (χ0n) is 17.9. The first-order chi connectivity index (χ1) is 15.8. The summed E-state index contributed by atoms with van der Waals surface area (Å²) in [5.74, 6) is -0.262. The molecule has 0 radical (unpaired) electrons. The molecule has 0 atom stereocenters. The van der Waals surface area contributed by atoms with E-state index < -0.39 is 0 Å². The van der Waals surface area contributed by atoms with Gasteiger partial charge < -0.3 is 10.6 Å². The van der Waals surface area contributed by atoms with Gasteiger partial charge in [0.1, 0.15) is 5.82 Å². The van der Waals surface area contributed by atoms with Crippen molar-refractivity contribution in [3.05, 3.63) is 93.2 Å². The lowest BCUT2D eigenvalue weighted by molar-refractivity contribution is 0.624. The van der Waals surface area contributed by atoms with Gasteiger partial charge in [0, 0.05) is 21.8 Å². The van der Waals surface area contributed by atoms with Crippen LogP contribution in [-0.4, -0.2) is 24.7 Å². The van der Waals surface area contributed by atoms with Gasteiger partial charge >= 0.3 is 0 Å². The molecule has 2 aromatic carbocycles. The van der Waals surface area contributed by atoms with E-state index >= 15 is 0 Å². The van der Waals surface area contributed by atoms with E-state index in [0.29, 0.717) is 28.2 Å². The lowest BCUT2D eigenvalue weighted by Gasteiger charge is -2.11. The number of hydrogen-bond acceptors (Lipinski definition) is 3. The van der Waals surface area contributed by atoms with E-state index in [4.69, 9.17) is 35.4 Å². The Hall–Kier alpha value is -2.94. The lowest BCUT2D eigenvalue weighted by Crippen LogP contribution is -2.19. The summed E-state index contributed by atoms with van der Waals surface area (Å²) in [6.07, 6.45) is 3.51. The average molecular weight is 503 g/mol. The van der Waals surface area contributed by atoms with Crippen LogP contribution in [0.4, 0.5) is 15.8 Å². The molecule has 2 aromatic heterocycles. The van der Waals surface area contributed by atoms with Gasteiger partial charge in [0.15, 0.2) is 5.11 Å². The van der Waals surface area contributed by atoms with Gasteiger partial charge in [-0.05, 0) is 55.9 Å². The Morgan fingerprint density at radius 3 is 2.42 bits per heavy atom. The Labute approximate surface area is 206 Å². The van der Waals surface area contributed by atoms with Crippen LogP contribution in [0.15, 0.2) is 54.9 Å². The maximum absolute atomic E-state index is 13.1. The smallest absolute Gasteiger partial charge is 0.175 e. The fourth-order valence-electron chi connectivity index (χ4n) is 3.43. The molecule has 0 aliphatic rings. The summed E-state index contributed by atoms with van der Waals surface area (Å²) in [7, 11) is 0. The molecule has 0 unspecified atom stereocenters. The number of halogens is 3. The number of aromatic nitrogens is 4. The summed E-state index contributed by atoms with van der Waals surface area (Å²) in [6, 6.07) is 11.8. The van der Waals surface area contributed by atoms with E-state index in [2.05, 4.69) is 20.8 Å². The molecule has 10 heteroatoms. The maximum atomic E-state index is 13.1. The molecule has 33 heavy (non-hydrogen) atoms. The van der Waals surface area contributed by atoms with Crippen LogP contribution in [0.2, 0.25) is 10.0 Å². The first kappa shape index (κ1) is 23.2. The maximum Gasteiger partial charge on any atom is 0.175 e. The van der Waals surface area contributed by atoms with Gasteiger partial charge in [-0.3, -0.25) is 9.36 Å². The summed E-state index contributed by atoms with van der Waals surface area (Å²) < 4.78 is 16.7. The lowest BCUT2D eigenvalue weighted by atomic mass is 10.2. The molecule has 0 saturated heterocycles. The molecule has 4 rings (SSSR count). The van der Waals surface area contributed by atoms with Gasteiger partial charge in [-0.15, -0.1) is 0 Å². The zero-order valence-corrected chi connectivity index (χ0v) is 20.3. The number of aryl methyl sites for hydroxylation is 1. The third kappa shape index (κ3) is 5.52. The van der Waals surface area contributed by atoms with Gasteiger partial charge in [-0.25, -0.2) is 4.39 Å². The van der Waals surface area contributed by atoms with Crippen molar-refractivity contribution in [2.75, 3.05) is 10.6 Å². The van der Waals surface area contributed by atoms with E-state index in [1.807, 2.05) is 42.9 Å². The third-order valence-electron chi connectivity index (χ3n) is 5.14. The van der Waals surface area contributed by atoms with Crippen molar-refractivity contribution in [1.29, 1.82) is 0 Å². The molecule has 2 N–H and O–H groups in total. The Bertz CT molecular complexity index is 1280. The standard InChI is InChI=1S/C23H21Cl2FN6S/c1-14-22(15(2)32(30-14)13-19-20(24)4-3-5-21(19)25)29-23(33)28-18-10-27-31(12-18)11-16-6-8-17(26)9-7-16/h3-10,12H,11,13H2,1-2H3,(H2,28,29,33). The first-order valence-corrected chi connectivity index (χ1v) is 11.3. The van der Waals surface area contributed by atoms with Crippen molar-refractivity contribution in [1.82, 2.24) is 19.6 Å². The minimum absolute atomic E-state index is 0.262. The average Bonchev–Trinajstić information content (AvgIpc) is 3.31. The van der Waals surface area contributed by atoms with Crippen molar-refractivity contribution in [3.63, 3.8) is 0 Å². The van der Waals surface area contributed by atoms with Crippen molar-refractivity contribution in [2.24, 2.45) is 0 Å². The van der Waals surface area contributed by atoms with Crippen LogP contribution in [0.1, 0.15) is 22.5 Å². The summed E-state index contributed by atoms with van der Waals surface area (Å²) in [5, 5.41) is 16.9. The summed E-state index contributed by atoms with van der Waals surface area (Å²) in [4.78, 5) is 0. The third-order valence-corrected chi connectivity index (χ3v) is 6.05. The van der Waals surface area contributed by atoms with Crippen molar-refractivity contribution >= 4 is 51.9 Å². The zero-order chi connectivity index (χ0) is 23.5. The molecular weight excluding hydrogens is 482 g/mol. The van der Waals surface area contributed by atoms with Gasteiger partial charge in [0.05, 0.1) is 42.0 Å². The van der Waals surface area contributed by atoms with E-state index in [9.17, 15) is 4.39 Å². The minimum atomic E-state index is -0.262. The second-order valence-corrected chi connectivity index (χ2v) is 8.76. The van der Waals surface area contributed by atoms with Crippen LogP contribution in [0.5, 0.6) is 0 Å². The quantitative estimate of drug-likeness (QED) is 0.314. The molecule has 0 aliphatic heterocycles. The van der Waals surface area contributed by atoms with E-state index in [1.165, 1.54) is 12.1 Å². The molecule has 4 aromatic rings. The minimum Gasteiger partial charge on any atom is -0.330 e. The molecule has 2 heterocycles. The Balaban J connectivity index is 1.42. The van der Waals surface area contributed by atoms with Gasteiger partial charge in [-0.1, -0.05) is 41.4 Å². The molecule has 0 bridgehead atoms. The van der Waals surface area contributed by atoms with Crippen LogP contribution < -0.4 is 10.6 Å². The van der Waals surface area contributed by atoms with E-state index in [0.717, 1.165) is 33.9 Å². The van der Waals surface area contributed by atoms with E-state index in [1.54, 1.807) is 23.0 Å². The van der Waals surface area contributed by atoms with E-state index in [-0.39, 0.29) is 5.82 Å². The largest absolute Gasteiger partial charge is 0.330 e. The molecule has 0 spiro atoms. The molecule has 170 valence electrons. The number of benzene rings is 2. The Morgan fingerprint density at radius 2 is 1.73 bits per heavy atom. The SMILES string of the molecule is Cc1nn(Cc2c(Cl)cccc2Cl)c(C)c1NC(=S)Nc1cnn(Cc2ccc(F)cc2)c1. The van der Waals surface area contributed by atoms with Gasteiger partial charge in [-0.2, -0.15) is 10.2 Å². The molecule has 0 fully saturated rings. The number of rotatable bonds is 6. The molecule has 0 saturated carbocycles. The Kier molecular flexibility index (Phi) is 6.97. The summed E-state index contributed by atoms with van der Waals surface area (Å²) in [5.41, 5.74) is 5.01. The predicted octanol–water partition coefficient (Wildman–Crippen LogP) is 6.05. The molecular formula is C23H21Cl2FN6S. The van der Waals surface area contributed by atoms with Crippen LogP contribution in [0, 0.1) is 19.7 Å². The molecule has 6 nitrogen and oxygen atoms in total. The fraction of sp³-hybridized carbons (Fsp3) is 0.174. The van der Waals surface area contributed by atoms with Crippen LogP contribution in [0.3, 0.4) is 0 Å². The second-order valence-electron chi connectivity index (χ2n) is 7.54. The topological polar surface area (TPSA) is 59.7 Å². The Morgan fingerprint density at radius 1 is 1.03 bits per heavy atom. The first-order valence-electron chi connectivity index (χ1n) is 10.1. The number of hydrogen-bond donors (Lipinski definition) is 2. The summed E-state index contributed by atoms with van der Waals surface area (Å²) >= 11 is 18.1. The normalized spacial score (nSPS) is 10.9. The fourth-order valence-corrected chi connectivity index (χ4v) is 4.17. The van der Waals surface area contributed by atoms with Crippen LogP contribution in [-0.2, 0) is 13.1 Å². The summed E-state index contributed by atoms with van der Waals surface area (Å²) in [6.45, 7) is 4.83. The van der Waals surface area contributed by atoms with Crippen molar-refractivity contribution < 1.29 is 4.39 Å². The monoisotopic (exact) mass is 502 g/mol. The predicted molar refractivity (Wildman–Crippen MR) is 135 cm³/mol. The second kappa shape index (κ2) is 9.91. The van der Waals surface area contributed by atoms with Crippen LogP contribution >= 0.6 is 35.4 Å².